The van der Waals surface area contributed by atoms with Gasteiger partial charge in [0.1, 0.15) is 18.9 Å². The smallest absolute Gasteiger partial charge is 0.152 e. The number of quaternary nitrogens is 1. The number of nitrogens with one attached hydrogen (secondary N) is 1. The molecule has 1 aromatic carbocycles. The van der Waals surface area contributed by atoms with E-state index in [-0.39, 0.29) is 11.9 Å². The van der Waals surface area contributed by atoms with Gasteiger partial charge in [0, 0.05) is 38.2 Å². The summed E-state index contributed by atoms with van der Waals surface area (Å²) in [4.78, 5) is 5.32. The molecular weight excluding hydrogens is 390 g/mol. The minimum absolute atomic E-state index is 0.185. The molecule has 172 valence electrons. The monoisotopic (exact) mass is 430 g/mol. The molecule has 0 amide bonds. The molecule has 4 fully saturated rings. The van der Waals surface area contributed by atoms with Crippen molar-refractivity contribution >= 4 is 5.69 Å². The lowest BCUT2D eigenvalue weighted by molar-refractivity contribution is -0.167. The van der Waals surface area contributed by atoms with Crippen molar-refractivity contribution in [2.45, 2.75) is 44.0 Å². The molecule has 7 nitrogen and oxygen atoms in total. The first-order valence-corrected chi connectivity index (χ1v) is 12.4. The second kappa shape index (κ2) is 9.43. The standard InChI is InChI=1S/C24H40N5O2/c30-23-9-10-25-24(21-23,26-11-5-2-6-12-26)27-13-17-29(18-14-27,22-7-3-1-4-8-22)28-15-19-31-20-16-28/h1,3-4,7-8,23,25,30H,2,5-6,9-21H2/q+1. The molecule has 4 saturated heterocycles. The Morgan fingerprint density at radius 1 is 0.903 bits per heavy atom. The van der Waals surface area contributed by atoms with Crippen LogP contribution in [0.1, 0.15) is 32.1 Å². The average Bonchev–Trinajstić information content (AvgIpc) is 2.86. The van der Waals surface area contributed by atoms with Crippen molar-refractivity contribution in [1.82, 2.24) is 24.7 Å². The van der Waals surface area contributed by atoms with Gasteiger partial charge >= 0.3 is 0 Å². The van der Waals surface area contributed by atoms with Crippen LogP contribution in [0.4, 0.5) is 5.69 Å². The Hall–Kier alpha value is -1.06. The van der Waals surface area contributed by atoms with Gasteiger partial charge in [-0.25, -0.2) is 4.59 Å². The summed E-state index contributed by atoms with van der Waals surface area (Å²) in [5, 5.41) is 17.2. The number of aliphatic hydroxyl groups is 1. The molecule has 0 aliphatic carbocycles. The Labute approximate surface area is 187 Å². The molecule has 4 heterocycles. The van der Waals surface area contributed by atoms with Gasteiger partial charge in [-0.3, -0.25) is 15.1 Å². The number of piperazine rings is 1. The zero-order chi connectivity index (χ0) is 21.2. The van der Waals surface area contributed by atoms with Gasteiger partial charge in [0.25, 0.3) is 0 Å². The Morgan fingerprint density at radius 2 is 1.58 bits per heavy atom. The van der Waals surface area contributed by atoms with Crippen molar-refractivity contribution in [3.05, 3.63) is 30.3 Å². The number of aliphatic hydroxyl groups excluding tert-OH is 1. The van der Waals surface area contributed by atoms with Crippen LogP contribution < -0.4 is 9.91 Å². The molecule has 2 unspecified atom stereocenters. The molecular formula is C24H40N5O2+. The number of hydrogen-bond acceptors (Lipinski definition) is 6. The summed E-state index contributed by atoms with van der Waals surface area (Å²) in [7, 11) is 0. The van der Waals surface area contributed by atoms with Crippen molar-refractivity contribution in [3.63, 3.8) is 0 Å². The molecule has 5 rings (SSSR count). The van der Waals surface area contributed by atoms with Crippen molar-refractivity contribution in [2.24, 2.45) is 0 Å². The van der Waals surface area contributed by atoms with Gasteiger partial charge in [-0.1, -0.05) is 24.6 Å². The third kappa shape index (κ3) is 4.17. The number of hydrogen-bond donors (Lipinski definition) is 2. The normalized spacial score (nSPS) is 33.9. The number of benzene rings is 1. The highest BCUT2D eigenvalue weighted by atomic mass is 16.5. The van der Waals surface area contributed by atoms with E-state index in [4.69, 9.17) is 4.74 Å². The summed E-state index contributed by atoms with van der Waals surface area (Å²) in [6, 6.07) is 11.1. The molecule has 4 aliphatic rings. The highest BCUT2D eigenvalue weighted by Crippen LogP contribution is 2.35. The first kappa shape index (κ1) is 21.8. The van der Waals surface area contributed by atoms with Crippen LogP contribution in [-0.4, -0.2) is 104 Å². The molecule has 7 heteroatoms. The second-order valence-electron chi connectivity index (χ2n) is 9.70. The number of nitrogens with zero attached hydrogens (tertiary/aromatic N) is 4. The van der Waals surface area contributed by atoms with E-state index in [0.29, 0.717) is 0 Å². The minimum atomic E-state index is -0.210. The molecule has 31 heavy (non-hydrogen) atoms. The van der Waals surface area contributed by atoms with Crippen LogP contribution in [0.25, 0.3) is 0 Å². The SMILES string of the molecule is OC1CCNC(N2CCCCC2)(N2CC[N+](c3ccccc3)(N3CCOCC3)CC2)C1. The van der Waals surface area contributed by atoms with Crippen LogP contribution in [0, 0.1) is 0 Å². The van der Waals surface area contributed by atoms with E-state index in [0.717, 1.165) is 89.6 Å². The molecule has 2 atom stereocenters. The molecule has 2 N–H and O–H groups in total. The third-order valence-corrected chi connectivity index (χ3v) is 8.05. The molecule has 0 radical (unpaired) electrons. The predicted octanol–water partition coefficient (Wildman–Crippen LogP) is 1.44. The van der Waals surface area contributed by atoms with Crippen molar-refractivity contribution in [1.29, 1.82) is 0 Å². The zero-order valence-corrected chi connectivity index (χ0v) is 18.9. The summed E-state index contributed by atoms with van der Waals surface area (Å²) in [6.45, 7) is 11.0. The Kier molecular flexibility index (Phi) is 6.62. The van der Waals surface area contributed by atoms with Crippen LogP contribution in [0.3, 0.4) is 0 Å². The van der Waals surface area contributed by atoms with Gasteiger partial charge in [0.15, 0.2) is 5.69 Å². The largest absolute Gasteiger partial charge is 0.393 e. The quantitative estimate of drug-likeness (QED) is 0.705. The molecule has 1 aromatic rings. The maximum absolute atomic E-state index is 10.7. The lowest BCUT2D eigenvalue weighted by Gasteiger charge is -2.58. The van der Waals surface area contributed by atoms with E-state index < -0.39 is 0 Å². The Morgan fingerprint density at radius 3 is 2.26 bits per heavy atom. The van der Waals surface area contributed by atoms with E-state index >= 15 is 0 Å². The van der Waals surface area contributed by atoms with E-state index in [1.807, 2.05) is 0 Å². The molecule has 4 aliphatic heterocycles. The summed E-state index contributed by atoms with van der Waals surface area (Å²) in [6.07, 6.45) is 5.34. The van der Waals surface area contributed by atoms with Gasteiger partial charge in [0.2, 0.25) is 0 Å². The molecule has 0 saturated carbocycles. The summed E-state index contributed by atoms with van der Waals surface area (Å²) in [5.74, 6) is -0.185. The zero-order valence-electron chi connectivity index (χ0n) is 18.9. The predicted molar refractivity (Wildman–Crippen MR) is 123 cm³/mol. The van der Waals surface area contributed by atoms with Crippen molar-refractivity contribution < 1.29 is 9.84 Å². The lowest BCUT2D eigenvalue weighted by atomic mass is 9.96. The van der Waals surface area contributed by atoms with Crippen LogP contribution in [0.5, 0.6) is 0 Å². The number of ether oxygens (including phenoxy) is 1. The van der Waals surface area contributed by atoms with Gasteiger partial charge in [-0.2, -0.15) is 0 Å². The lowest BCUT2D eigenvalue weighted by Crippen LogP contribution is -2.78. The topological polar surface area (TPSA) is 51.2 Å². The fourth-order valence-corrected chi connectivity index (χ4v) is 6.40. The molecule has 0 aromatic heterocycles. The highest BCUT2D eigenvalue weighted by Gasteiger charge is 2.51. The maximum Gasteiger partial charge on any atom is 0.152 e. The van der Waals surface area contributed by atoms with Crippen LogP contribution in [-0.2, 0) is 4.74 Å². The Bertz CT molecular complexity index is 699. The van der Waals surface area contributed by atoms with Gasteiger partial charge in [0.05, 0.1) is 45.5 Å². The molecule has 0 spiro atoms. The number of morpholine rings is 1. The Balaban J connectivity index is 1.40. The van der Waals surface area contributed by atoms with E-state index in [9.17, 15) is 5.11 Å². The van der Waals surface area contributed by atoms with Crippen LogP contribution in [0.15, 0.2) is 30.3 Å². The number of likely N-dealkylation sites (tertiary alicyclic amines) is 1. The number of para-hydroxylation sites is 1. The minimum Gasteiger partial charge on any atom is -0.393 e. The van der Waals surface area contributed by atoms with E-state index in [1.165, 1.54) is 24.9 Å². The van der Waals surface area contributed by atoms with E-state index in [1.54, 1.807) is 0 Å². The molecule has 0 bridgehead atoms. The maximum atomic E-state index is 10.7. The van der Waals surface area contributed by atoms with Gasteiger partial charge in [-0.15, -0.1) is 5.01 Å². The first-order chi connectivity index (χ1) is 15.2. The third-order valence-electron chi connectivity index (χ3n) is 8.05. The fourth-order valence-electron chi connectivity index (χ4n) is 6.40. The summed E-state index contributed by atoms with van der Waals surface area (Å²) in [5.41, 5.74) is 1.40. The number of piperidine rings is 2. The fraction of sp³-hybridized carbons (Fsp3) is 0.750. The number of rotatable bonds is 4. The average molecular weight is 431 g/mol. The summed E-state index contributed by atoms with van der Waals surface area (Å²) >= 11 is 0. The van der Waals surface area contributed by atoms with Crippen molar-refractivity contribution in [3.8, 4) is 0 Å². The highest BCUT2D eigenvalue weighted by molar-refractivity contribution is 5.42. The van der Waals surface area contributed by atoms with Gasteiger partial charge < -0.3 is 9.84 Å². The summed E-state index contributed by atoms with van der Waals surface area (Å²) < 4.78 is 6.62. The van der Waals surface area contributed by atoms with E-state index in [2.05, 4.69) is 50.5 Å². The van der Waals surface area contributed by atoms with Crippen LogP contribution >= 0.6 is 0 Å². The van der Waals surface area contributed by atoms with Crippen LogP contribution in [0.2, 0.25) is 0 Å². The first-order valence-electron chi connectivity index (χ1n) is 12.4. The van der Waals surface area contributed by atoms with Crippen molar-refractivity contribution in [2.75, 3.05) is 72.1 Å². The van der Waals surface area contributed by atoms with Gasteiger partial charge in [-0.05, 0) is 19.3 Å². The second-order valence-corrected chi connectivity index (χ2v) is 9.70.